The number of nitrogens with zero attached hydrogens (tertiary/aromatic N) is 6. The third-order valence-corrected chi connectivity index (χ3v) is 8.95. The summed E-state index contributed by atoms with van der Waals surface area (Å²) >= 11 is -2.73. The monoisotopic (exact) mass is 250 g/mol. The van der Waals surface area contributed by atoms with Crippen molar-refractivity contribution in [3.8, 4) is 0 Å². The van der Waals surface area contributed by atoms with Crippen LogP contribution < -0.4 is 0 Å². The van der Waals surface area contributed by atoms with Gasteiger partial charge in [0.25, 0.3) is 0 Å². The van der Waals surface area contributed by atoms with E-state index in [1.807, 2.05) is 27.7 Å². The fourth-order valence-electron chi connectivity index (χ4n) is 1.05. The molecule has 0 atom stereocenters. The molecule has 0 spiro atoms. The summed E-state index contributed by atoms with van der Waals surface area (Å²) in [5.74, 6) is 0. The van der Waals surface area contributed by atoms with Crippen molar-refractivity contribution < 1.29 is 0 Å². The van der Waals surface area contributed by atoms with Crippen molar-refractivity contribution in [2.75, 3.05) is 0 Å². The van der Waals surface area contributed by atoms with Crippen LogP contribution in [0.3, 0.4) is 0 Å². The van der Waals surface area contributed by atoms with E-state index in [9.17, 15) is 0 Å². The van der Waals surface area contributed by atoms with Gasteiger partial charge in [0.1, 0.15) is 0 Å². The molecule has 0 fully saturated rings. The minimum absolute atomic E-state index is 0.142. The molecule has 0 heterocycles. The van der Waals surface area contributed by atoms with Gasteiger partial charge in [0.2, 0.25) is 0 Å². The third kappa shape index (κ3) is 2.54. The van der Waals surface area contributed by atoms with Gasteiger partial charge in [-0.1, -0.05) is 0 Å². The van der Waals surface area contributed by atoms with E-state index in [0.717, 1.165) is 0 Å². The van der Waals surface area contributed by atoms with E-state index in [2.05, 4.69) is 18.1 Å². The van der Waals surface area contributed by atoms with Gasteiger partial charge >= 0.3 is 79.8 Å². The maximum absolute atomic E-state index is 8.44. The van der Waals surface area contributed by atoms with Gasteiger partial charge in [-0.05, 0) is 0 Å². The quantitative estimate of drug-likeness (QED) is 0.313. The zero-order valence-corrected chi connectivity index (χ0v) is 9.96. The molecule has 7 heteroatoms. The molecule has 0 radical (unpaired) electrons. The molecule has 6 nitrogen and oxygen atoms in total. The number of hydrogen-bond acceptors (Lipinski definition) is 2. The van der Waals surface area contributed by atoms with Crippen LogP contribution in [0.2, 0.25) is 9.63 Å². The molecule has 0 aliphatic heterocycles. The van der Waals surface area contributed by atoms with Crippen LogP contribution in [0.15, 0.2) is 8.26 Å². The normalized spacial score (nSPS) is 12.2. The van der Waals surface area contributed by atoms with Crippen molar-refractivity contribution in [2.45, 2.75) is 37.3 Å². The Bertz CT molecular complexity index is 232. The van der Waals surface area contributed by atoms with E-state index in [1.54, 1.807) is 0 Å². The van der Waals surface area contributed by atoms with E-state index >= 15 is 0 Å². The molecule has 0 aliphatic rings. The van der Waals surface area contributed by atoms with E-state index < -0.39 is 13.3 Å². The molecule has 0 unspecified atom stereocenters. The van der Waals surface area contributed by atoms with Crippen molar-refractivity contribution in [2.24, 2.45) is 8.26 Å². The van der Waals surface area contributed by atoms with Gasteiger partial charge in [-0.15, -0.1) is 0 Å². The van der Waals surface area contributed by atoms with Gasteiger partial charge in [0.15, 0.2) is 0 Å². The maximum atomic E-state index is 8.44. The first-order chi connectivity index (χ1) is 6.01. The molecule has 13 heavy (non-hydrogen) atoms. The second kappa shape index (κ2) is 5.00. The van der Waals surface area contributed by atoms with Gasteiger partial charge in [-0.3, -0.25) is 0 Å². The first-order valence-corrected chi connectivity index (χ1v) is 7.46. The number of hydrogen-bond donors (Lipinski definition) is 0. The molecular formula is C6H14N6Se. The standard InChI is InChI=1S/C6H14N6Se/c1-5(2)13(6(3)4,11-9-7)12-10-8/h5-6H,1-4H3. The van der Waals surface area contributed by atoms with Gasteiger partial charge in [0.05, 0.1) is 0 Å². The molecule has 0 rings (SSSR count). The van der Waals surface area contributed by atoms with Crippen molar-refractivity contribution in [3.63, 3.8) is 0 Å². The zero-order chi connectivity index (χ0) is 10.5. The second-order valence-electron chi connectivity index (χ2n) is 3.08. The Morgan fingerprint density at radius 3 is 1.38 bits per heavy atom. The van der Waals surface area contributed by atoms with E-state index in [1.165, 1.54) is 0 Å². The topological polar surface area (TPSA) is 97.5 Å². The second-order valence-corrected chi connectivity index (χ2v) is 10.4. The fraction of sp³-hybridized carbons (Fsp3) is 1.00. The van der Waals surface area contributed by atoms with Crippen LogP contribution in [0.25, 0.3) is 20.9 Å². The summed E-state index contributed by atoms with van der Waals surface area (Å²) in [5.41, 5.74) is 16.9. The Balaban J connectivity index is 5.28. The molecule has 0 aromatic carbocycles. The van der Waals surface area contributed by atoms with Crippen LogP contribution in [0.5, 0.6) is 0 Å². The summed E-state index contributed by atoms with van der Waals surface area (Å²) in [6, 6.07) is 0. The summed E-state index contributed by atoms with van der Waals surface area (Å²) in [7, 11) is 0. The fourth-order valence-corrected chi connectivity index (χ4v) is 5.48. The summed E-state index contributed by atoms with van der Waals surface area (Å²) in [5, 5.41) is 0. The van der Waals surface area contributed by atoms with Crippen LogP contribution >= 0.6 is 0 Å². The minimum atomic E-state index is -2.73. The van der Waals surface area contributed by atoms with Crippen LogP contribution in [0, 0.1) is 0 Å². The van der Waals surface area contributed by atoms with Gasteiger partial charge < -0.3 is 0 Å². The van der Waals surface area contributed by atoms with Gasteiger partial charge in [-0.2, -0.15) is 0 Å². The van der Waals surface area contributed by atoms with Gasteiger partial charge in [0, 0.05) is 0 Å². The zero-order valence-electron chi connectivity index (χ0n) is 8.25. The summed E-state index contributed by atoms with van der Waals surface area (Å²) in [6.07, 6.45) is 0. The van der Waals surface area contributed by atoms with Crippen molar-refractivity contribution in [1.82, 2.24) is 0 Å². The summed E-state index contributed by atoms with van der Waals surface area (Å²) in [6.45, 7) is 7.74. The predicted octanol–water partition coefficient (Wildman–Crippen LogP) is 3.87. The first-order valence-electron chi connectivity index (χ1n) is 3.95. The van der Waals surface area contributed by atoms with E-state index in [0.29, 0.717) is 0 Å². The van der Waals surface area contributed by atoms with Crippen LogP contribution in [-0.4, -0.2) is 13.3 Å². The Labute approximate surface area is 80.2 Å². The molecule has 0 amide bonds. The van der Waals surface area contributed by atoms with Crippen molar-refractivity contribution >= 4 is 13.3 Å². The number of rotatable bonds is 4. The summed E-state index contributed by atoms with van der Waals surface area (Å²) in [4.78, 5) is 5.88. The van der Waals surface area contributed by atoms with Crippen LogP contribution in [0.1, 0.15) is 27.7 Å². The first kappa shape index (κ1) is 12.1. The molecule has 0 aliphatic carbocycles. The van der Waals surface area contributed by atoms with Crippen molar-refractivity contribution in [1.29, 1.82) is 0 Å². The average molecular weight is 249 g/mol. The Hall–Kier alpha value is -0.861. The SMILES string of the molecule is CC(C)[Se](N=[N+]=[N-])(N=[N+]=[N-])C(C)C. The molecule has 0 saturated carbocycles. The average Bonchev–Trinajstić information content (AvgIpc) is 2.03. The Kier molecular flexibility index (Phi) is 4.67. The van der Waals surface area contributed by atoms with Crippen LogP contribution in [-0.2, 0) is 0 Å². The van der Waals surface area contributed by atoms with E-state index in [-0.39, 0.29) is 9.63 Å². The molecule has 0 aromatic rings. The molecule has 0 aromatic heterocycles. The predicted molar refractivity (Wildman–Crippen MR) is 54.2 cm³/mol. The Morgan fingerprint density at radius 2 is 1.23 bits per heavy atom. The third-order valence-electron chi connectivity index (χ3n) is 1.72. The molecule has 0 bridgehead atoms. The van der Waals surface area contributed by atoms with E-state index in [4.69, 9.17) is 11.1 Å². The molecule has 74 valence electrons. The molecule has 0 saturated heterocycles. The molecule has 0 N–H and O–H groups in total. The molecular weight excluding hydrogens is 235 g/mol. The Morgan fingerprint density at radius 1 is 0.923 bits per heavy atom. The summed E-state index contributed by atoms with van der Waals surface area (Å²) < 4.78 is 7.52. The van der Waals surface area contributed by atoms with Gasteiger partial charge in [-0.25, -0.2) is 0 Å². The van der Waals surface area contributed by atoms with Crippen molar-refractivity contribution in [3.05, 3.63) is 20.9 Å². The number of azide groups is 1. The van der Waals surface area contributed by atoms with Crippen LogP contribution in [0.4, 0.5) is 0 Å².